The average Bonchev–Trinajstić information content (AvgIpc) is 2.26. The van der Waals surface area contributed by atoms with Crippen LogP contribution in [0.15, 0.2) is 6.07 Å². The third-order valence-electron chi connectivity index (χ3n) is 3.76. The van der Waals surface area contributed by atoms with Crippen molar-refractivity contribution in [3.63, 3.8) is 0 Å². The molecule has 1 aromatic heterocycles. The third-order valence-corrected chi connectivity index (χ3v) is 3.76. The zero-order valence-electron chi connectivity index (χ0n) is 11.8. The molecule has 2 heterocycles. The molecular formula is C14H22N4O. The number of rotatable bonds is 2. The van der Waals surface area contributed by atoms with E-state index in [9.17, 15) is 4.79 Å². The predicted octanol–water partition coefficient (Wildman–Crippen LogP) is 1.11. The molecule has 1 aliphatic heterocycles. The molecule has 0 radical (unpaired) electrons. The van der Waals surface area contributed by atoms with E-state index >= 15 is 0 Å². The lowest BCUT2D eigenvalue weighted by atomic mass is 9.97. The fourth-order valence-electron chi connectivity index (χ4n) is 2.85. The van der Waals surface area contributed by atoms with Gasteiger partial charge in [-0.15, -0.1) is 0 Å². The van der Waals surface area contributed by atoms with Gasteiger partial charge in [-0.1, -0.05) is 0 Å². The van der Waals surface area contributed by atoms with Gasteiger partial charge in [0.05, 0.1) is 5.56 Å². The van der Waals surface area contributed by atoms with Crippen molar-refractivity contribution in [3.8, 4) is 0 Å². The Hall–Kier alpha value is -1.62. The van der Waals surface area contributed by atoms with E-state index in [4.69, 9.17) is 11.5 Å². The highest BCUT2D eigenvalue weighted by Crippen LogP contribution is 2.28. The number of anilines is 1. The molecule has 1 fully saturated rings. The van der Waals surface area contributed by atoms with Crippen LogP contribution in [-0.4, -0.2) is 29.5 Å². The summed E-state index contributed by atoms with van der Waals surface area (Å²) in [6.45, 7) is 6.77. The summed E-state index contributed by atoms with van der Waals surface area (Å²) >= 11 is 0. The number of pyridine rings is 1. The van der Waals surface area contributed by atoms with Gasteiger partial charge in [-0.3, -0.25) is 4.79 Å². The van der Waals surface area contributed by atoms with Crippen molar-refractivity contribution in [1.29, 1.82) is 0 Å². The van der Waals surface area contributed by atoms with E-state index in [2.05, 4.69) is 16.8 Å². The Balaban J connectivity index is 2.46. The van der Waals surface area contributed by atoms with Crippen molar-refractivity contribution in [1.82, 2.24) is 4.98 Å². The molecule has 0 saturated carbocycles. The zero-order valence-corrected chi connectivity index (χ0v) is 11.8. The maximum atomic E-state index is 11.7. The summed E-state index contributed by atoms with van der Waals surface area (Å²) in [5.74, 6) is 0.298. The van der Waals surface area contributed by atoms with Crippen LogP contribution in [0, 0.1) is 13.8 Å². The fourth-order valence-corrected chi connectivity index (χ4v) is 2.85. The van der Waals surface area contributed by atoms with Crippen LogP contribution >= 0.6 is 0 Å². The van der Waals surface area contributed by atoms with Gasteiger partial charge in [0, 0.05) is 24.3 Å². The minimum absolute atomic E-state index is 0.231. The molecule has 19 heavy (non-hydrogen) atoms. The molecule has 5 heteroatoms. The Bertz CT molecular complexity index is 500. The Morgan fingerprint density at radius 1 is 1.47 bits per heavy atom. The maximum absolute atomic E-state index is 11.7. The molecule has 1 aromatic rings. The second-order valence-electron chi connectivity index (χ2n) is 5.47. The molecule has 5 nitrogen and oxygen atoms in total. The molecule has 4 N–H and O–H groups in total. The largest absolute Gasteiger partial charge is 0.365 e. The number of carbonyl (C=O) groups excluding carboxylic acids is 1. The lowest BCUT2D eigenvalue weighted by Gasteiger charge is -2.38. The Morgan fingerprint density at radius 3 is 2.74 bits per heavy atom. The molecule has 0 spiro atoms. The molecule has 0 aliphatic carbocycles. The highest BCUT2D eigenvalue weighted by atomic mass is 16.1. The number of aromatic nitrogens is 1. The van der Waals surface area contributed by atoms with Crippen LogP contribution < -0.4 is 16.4 Å². The van der Waals surface area contributed by atoms with E-state index in [0.29, 0.717) is 11.4 Å². The number of hydrogen-bond acceptors (Lipinski definition) is 4. The summed E-state index contributed by atoms with van der Waals surface area (Å²) in [6.07, 6.45) is 1.82. The van der Waals surface area contributed by atoms with Crippen LogP contribution in [0.25, 0.3) is 0 Å². The first kappa shape index (κ1) is 13.8. The quantitative estimate of drug-likeness (QED) is 0.836. The first-order valence-electron chi connectivity index (χ1n) is 6.70. The van der Waals surface area contributed by atoms with Gasteiger partial charge in [0.25, 0.3) is 5.91 Å². The van der Waals surface area contributed by atoms with Crippen LogP contribution in [0.4, 0.5) is 5.82 Å². The number of carbonyl (C=O) groups is 1. The summed E-state index contributed by atoms with van der Waals surface area (Å²) in [5, 5.41) is 0. The molecule has 2 rings (SSSR count). The van der Waals surface area contributed by atoms with Gasteiger partial charge in [0.1, 0.15) is 5.82 Å². The van der Waals surface area contributed by atoms with Crippen molar-refractivity contribution in [2.24, 2.45) is 11.5 Å². The van der Waals surface area contributed by atoms with Gasteiger partial charge in [-0.05, 0) is 45.2 Å². The number of nitrogens with zero attached hydrogens (tertiary/aromatic N) is 2. The first-order chi connectivity index (χ1) is 8.90. The number of hydrogen-bond donors (Lipinski definition) is 2. The SMILES string of the molecule is Cc1cc(C)c(C(N)=O)c(N2CCC(N)CC2C)n1. The molecule has 1 amide bonds. The minimum Gasteiger partial charge on any atom is -0.365 e. The molecule has 2 unspecified atom stereocenters. The second-order valence-corrected chi connectivity index (χ2v) is 5.47. The smallest absolute Gasteiger partial charge is 0.252 e. The van der Waals surface area contributed by atoms with Crippen molar-refractivity contribution >= 4 is 11.7 Å². The Labute approximate surface area is 114 Å². The van der Waals surface area contributed by atoms with Gasteiger partial charge < -0.3 is 16.4 Å². The van der Waals surface area contributed by atoms with Gasteiger partial charge >= 0.3 is 0 Å². The van der Waals surface area contributed by atoms with Gasteiger partial charge in [-0.25, -0.2) is 4.98 Å². The third kappa shape index (κ3) is 2.71. The molecule has 0 aromatic carbocycles. The maximum Gasteiger partial charge on any atom is 0.252 e. The normalized spacial score (nSPS) is 23.5. The van der Waals surface area contributed by atoms with Crippen LogP contribution in [0.3, 0.4) is 0 Å². The average molecular weight is 262 g/mol. The van der Waals surface area contributed by atoms with E-state index in [-0.39, 0.29) is 12.1 Å². The van der Waals surface area contributed by atoms with E-state index in [1.54, 1.807) is 0 Å². The summed E-state index contributed by atoms with van der Waals surface area (Å²) < 4.78 is 0. The number of aryl methyl sites for hydroxylation is 2. The standard InChI is InChI=1S/C14H22N4O/c1-8-6-9(2)17-14(12(8)13(16)19)18-5-4-11(15)7-10(18)3/h6,10-11H,4-5,7,15H2,1-3H3,(H2,16,19). The van der Waals surface area contributed by atoms with Crippen LogP contribution in [-0.2, 0) is 0 Å². The number of piperidine rings is 1. The van der Waals surface area contributed by atoms with Crippen molar-refractivity contribution < 1.29 is 4.79 Å². The topological polar surface area (TPSA) is 85.2 Å². The fraction of sp³-hybridized carbons (Fsp3) is 0.571. The number of nitrogens with two attached hydrogens (primary N) is 2. The van der Waals surface area contributed by atoms with Gasteiger partial charge in [0.15, 0.2) is 0 Å². The lowest BCUT2D eigenvalue weighted by molar-refractivity contribution is 0.0999. The van der Waals surface area contributed by atoms with Gasteiger partial charge in [0.2, 0.25) is 0 Å². The van der Waals surface area contributed by atoms with E-state index in [1.165, 1.54) is 0 Å². The summed E-state index contributed by atoms with van der Waals surface area (Å²) in [7, 11) is 0. The summed E-state index contributed by atoms with van der Waals surface area (Å²) in [5.41, 5.74) is 13.8. The van der Waals surface area contributed by atoms with Crippen molar-refractivity contribution in [2.45, 2.75) is 45.7 Å². The molecular weight excluding hydrogens is 240 g/mol. The van der Waals surface area contributed by atoms with E-state index < -0.39 is 5.91 Å². The number of primary amides is 1. The zero-order chi connectivity index (χ0) is 14.2. The molecule has 0 bridgehead atoms. The summed E-state index contributed by atoms with van der Waals surface area (Å²) in [4.78, 5) is 18.4. The molecule has 104 valence electrons. The Morgan fingerprint density at radius 2 is 2.16 bits per heavy atom. The van der Waals surface area contributed by atoms with E-state index in [0.717, 1.165) is 30.6 Å². The highest BCUT2D eigenvalue weighted by Gasteiger charge is 2.28. The minimum atomic E-state index is -0.415. The lowest BCUT2D eigenvalue weighted by Crippen LogP contribution is -2.46. The second kappa shape index (κ2) is 5.17. The van der Waals surface area contributed by atoms with Gasteiger partial charge in [-0.2, -0.15) is 0 Å². The van der Waals surface area contributed by atoms with Crippen LogP contribution in [0.2, 0.25) is 0 Å². The molecule has 1 saturated heterocycles. The van der Waals surface area contributed by atoms with E-state index in [1.807, 2.05) is 19.9 Å². The highest BCUT2D eigenvalue weighted by molar-refractivity contribution is 5.99. The monoisotopic (exact) mass is 262 g/mol. The van der Waals surface area contributed by atoms with Crippen molar-refractivity contribution in [3.05, 3.63) is 22.9 Å². The van der Waals surface area contributed by atoms with Crippen LogP contribution in [0.1, 0.15) is 41.4 Å². The molecule has 1 aliphatic rings. The summed E-state index contributed by atoms with van der Waals surface area (Å²) in [6, 6.07) is 2.40. The molecule has 2 atom stereocenters. The van der Waals surface area contributed by atoms with Crippen molar-refractivity contribution in [2.75, 3.05) is 11.4 Å². The van der Waals surface area contributed by atoms with Crippen LogP contribution in [0.5, 0.6) is 0 Å². The number of amides is 1. The first-order valence-corrected chi connectivity index (χ1v) is 6.70. The Kier molecular flexibility index (Phi) is 3.75. The predicted molar refractivity (Wildman–Crippen MR) is 76.2 cm³/mol.